The number of amides is 2. The maximum atomic E-state index is 13.0. The molecule has 0 unspecified atom stereocenters. The molecule has 2 amide bonds. The Morgan fingerprint density at radius 1 is 1.19 bits per heavy atom. The molecular weight excluding hydrogens is 456 g/mol. The average molecular weight is 481 g/mol. The van der Waals surface area contributed by atoms with Crippen LogP contribution in [0.15, 0.2) is 33.7 Å². The zero-order valence-corrected chi connectivity index (χ0v) is 19.5. The monoisotopic (exact) mass is 480 g/mol. The topological polar surface area (TPSA) is 104 Å². The third-order valence-electron chi connectivity index (χ3n) is 6.00. The molecule has 0 saturated carbocycles. The van der Waals surface area contributed by atoms with Crippen molar-refractivity contribution >= 4 is 33.4 Å². The lowest BCUT2D eigenvalue weighted by Gasteiger charge is -2.35. The van der Waals surface area contributed by atoms with Crippen molar-refractivity contribution in [1.29, 1.82) is 0 Å². The summed E-state index contributed by atoms with van der Waals surface area (Å²) in [6.07, 6.45) is 0.154. The molecule has 2 aromatic rings. The summed E-state index contributed by atoms with van der Waals surface area (Å²) < 4.78 is 32.3. The average Bonchev–Trinajstić information content (AvgIpc) is 3.31. The predicted octanol–water partition coefficient (Wildman–Crippen LogP) is 1.83. The van der Waals surface area contributed by atoms with Crippen LogP contribution >= 0.6 is 11.6 Å². The summed E-state index contributed by atoms with van der Waals surface area (Å²) >= 11 is 6.20. The first-order valence-corrected chi connectivity index (χ1v) is 12.2. The van der Waals surface area contributed by atoms with E-state index in [0.29, 0.717) is 23.8 Å². The number of likely N-dealkylation sites (tertiary alicyclic amines) is 1. The van der Waals surface area contributed by atoms with Crippen molar-refractivity contribution in [3.05, 3.63) is 46.3 Å². The maximum absolute atomic E-state index is 13.0. The number of piperazine rings is 1. The van der Waals surface area contributed by atoms with Crippen molar-refractivity contribution in [2.45, 2.75) is 31.7 Å². The number of carbonyl (C=O) groups is 2. The zero-order chi connectivity index (χ0) is 23.0. The van der Waals surface area contributed by atoms with E-state index in [2.05, 4.69) is 5.16 Å². The van der Waals surface area contributed by atoms with Crippen molar-refractivity contribution in [3.8, 4) is 0 Å². The molecule has 0 radical (unpaired) electrons. The fourth-order valence-electron chi connectivity index (χ4n) is 4.30. The second kappa shape index (κ2) is 8.84. The molecule has 3 heterocycles. The van der Waals surface area contributed by atoms with E-state index in [9.17, 15) is 18.0 Å². The molecule has 9 nitrogen and oxygen atoms in total. The molecule has 11 heteroatoms. The molecule has 1 atom stereocenters. The summed E-state index contributed by atoms with van der Waals surface area (Å²) in [6.45, 7) is 4.77. The molecule has 172 valence electrons. The van der Waals surface area contributed by atoms with Gasteiger partial charge in [-0.25, -0.2) is 8.42 Å². The highest BCUT2D eigenvalue weighted by Gasteiger charge is 2.39. The predicted molar refractivity (Wildman–Crippen MR) is 116 cm³/mol. The van der Waals surface area contributed by atoms with E-state index in [4.69, 9.17) is 16.1 Å². The Kier molecular flexibility index (Phi) is 6.28. The van der Waals surface area contributed by atoms with Crippen LogP contribution in [0.2, 0.25) is 5.02 Å². The van der Waals surface area contributed by atoms with E-state index >= 15 is 0 Å². The number of aryl methyl sites for hydroxylation is 2. The van der Waals surface area contributed by atoms with Crippen LogP contribution in [0.4, 0.5) is 0 Å². The second-order valence-corrected chi connectivity index (χ2v) is 10.4. The van der Waals surface area contributed by atoms with Gasteiger partial charge < -0.3 is 14.3 Å². The Morgan fingerprint density at radius 3 is 2.50 bits per heavy atom. The smallest absolute Gasteiger partial charge is 0.248 e. The van der Waals surface area contributed by atoms with Gasteiger partial charge in [-0.15, -0.1) is 0 Å². The summed E-state index contributed by atoms with van der Waals surface area (Å²) in [5.74, 6) is -0.378. The minimum Gasteiger partial charge on any atom is -0.360 e. The van der Waals surface area contributed by atoms with Gasteiger partial charge in [0.2, 0.25) is 21.8 Å². The van der Waals surface area contributed by atoms with Crippen LogP contribution in [-0.2, 0) is 26.2 Å². The number of rotatable bonds is 5. The summed E-state index contributed by atoms with van der Waals surface area (Å²) in [5.41, 5.74) is 1.16. The number of nitrogens with zero attached hydrogens (tertiary/aromatic N) is 4. The van der Waals surface area contributed by atoms with E-state index < -0.39 is 15.9 Å². The van der Waals surface area contributed by atoms with Gasteiger partial charge in [-0.05, 0) is 25.5 Å². The molecule has 32 heavy (non-hydrogen) atoms. The zero-order valence-electron chi connectivity index (χ0n) is 18.0. The van der Waals surface area contributed by atoms with Crippen LogP contribution in [0.3, 0.4) is 0 Å². The van der Waals surface area contributed by atoms with Crippen molar-refractivity contribution in [2.24, 2.45) is 5.92 Å². The van der Waals surface area contributed by atoms with Gasteiger partial charge in [0.15, 0.2) is 5.76 Å². The number of carbonyl (C=O) groups excluding carboxylic acids is 2. The Labute approximate surface area is 191 Å². The normalized spacial score (nSPS) is 20.2. The molecule has 0 aliphatic carbocycles. The lowest BCUT2D eigenvalue weighted by molar-refractivity contribution is -0.137. The van der Waals surface area contributed by atoms with E-state index in [1.807, 2.05) is 18.2 Å². The van der Waals surface area contributed by atoms with Crippen LogP contribution in [-0.4, -0.2) is 72.2 Å². The number of halogens is 1. The minimum atomic E-state index is -3.74. The molecule has 0 spiro atoms. The summed E-state index contributed by atoms with van der Waals surface area (Å²) in [4.78, 5) is 28.9. The highest BCUT2D eigenvalue weighted by molar-refractivity contribution is 7.89. The summed E-state index contributed by atoms with van der Waals surface area (Å²) in [6, 6.07) is 7.33. The second-order valence-electron chi connectivity index (χ2n) is 8.15. The lowest BCUT2D eigenvalue weighted by Crippen LogP contribution is -2.52. The highest BCUT2D eigenvalue weighted by Crippen LogP contribution is 2.27. The molecule has 1 aromatic carbocycles. The van der Waals surface area contributed by atoms with Gasteiger partial charge >= 0.3 is 0 Å². The fourth-order valence-corrected chi connectivity index (χ4v) is 6.21. The number of hydrogen-bond acceptors (Lipinski definition) is 6. The van der Waals surface area contributed by atoms with Crippen LogP contribution in [0.1, 0.15) is 23.4 Å². The van der Waals surface area contributed by atoms with Gasteiger partial charge in [0.1, 0.15) is 10.6 Å². The molecular formula is C21H25ClN4O5S. The van der Waals surface area contributed by atoms with Gasteiger partial charge in [-0.2, -0.15) is 4.31 Å². The van der Waals surface area contributed by atoms with Gasteiger partial charge in [0.05, 0.1) is 5.92 Å². The molecule has 4 rings (SSSR count). The quantitative estimate of drug-likeness (QED) is 0.646. The van der Waals surface area contributed by atoms with Crippen LogP contribution in [0.5, 0.6) is 0 Å². The van der Waals surface area contributed by atoms with Crippen LogP contribution in [0, 0.1) is 19.8 Å². The SMILES string of the molecule is Cc1noc(C)c1S(=O)(=O)N1CCN(C(=O)[C@H]2CC(=O)N(Cc3ccccc3Cl)C2)CC1. The third kappa shape index (κ3) is 4.26. The first-order chi connectivity index (χ1) is 15.2. The van der Waals surface area contributed by atoms with Crippen LogP contribution < -0.4 is 0 Å². The Balaban J connectivity index is 1.37. The first-order valence-electron chi connectivity index (χ1n) is 10.4. The molecule has 2 aliphatic rings. The number of aromatic nitrogens is 1. The summed E-state index contributed by atoms with van der Waals surface area (Å²) in [5, 5.41) is 4.32. The number of benzene rings is 1. The van der Waals surface area contributed by atoms with Crippen molar-refractivity contribution in [1.82, 2.24) is 19.3 Å². The van der Waals surface area contributed by atoms with E-state index in [1.54, 1.807) is 29.7 Å². The van der Waals surface area contributed by atoms with E-state index in [-0.39, 0.29) is 55.1 Å². The van der Waals surface area contributed by atoms with Gasteiger partial charge in [-0.3, -0.25) is 9.59 Å². The number of hydrogen-bond donors (Lipinski definition) is 0. The molecule has 0 N–H and O–H groups in total. The van der Waals surface area contributed by atoms with Gasteiger partial charge in [-0.1, -0.05) is 35.0 Å². The molecule has 2 aliphatic heterocycles. The van der Waals surface area contributed by atoms with Crippen molar-refractivity contribution < 1.29 is 22.5 Å². The Hall–Kier alpha value is -2.43. The molecule has 1 aromatic heterocycles. The maximum Gasteiger partial charge on any atom is 0.248 e. The Bertz CT molecular complexity index is 1120. The first kappa shape index (κ1) is 22.8. The molecule has 2 fully saturated rings. The number of sulfonamides is 1. The Morgan fingerprint density at radius 2 is 1.88 bits per heavy atom. The van der Waals surface area contributed by atoms with Gasteiger partial charge in [0.25, 0.3) is 0 Å². The highest BCUT2D eigenvalue weighted by atomic mass is 35.5. The van der Waals surface area contributed by atoms with Crippen LogP contribution in [0.25, 0.3) is 0 Å². The molecule has 2 saturated heterocycles. The third-order valence-corrected chi connectivity index (χ3v) is 8.51. The van der Waals surface area contributed by atoms with Gasteiger partial charge in [0, 0.05) is 50.7 Å². The largest absolute Gasteiger partial charge is 0.360 e. The van der Waals surface area contributed by atoms with Crippen molar-refractivity contribution in [3.63, 3.8) is 0 Å². The summed E-state index contributed by atoms with van der Waals surface area (Å²) in [7, 11) is -3.74. The minimum absolute atomic E-state index is 0.0807. The molecule has 0 bridgehead atoms. The van der Waals surface area contributed by atoms with E-state index in [1.165, 1.54) is 4.31 Å². The van der Waals surface area contributed by atoms with E-state index in [0.717, 1.165) is 5.56 Å². The van der Waals surface area contributed by atoms with Crippen molar-refractivity contribution in [2.75, 3.05) is 32.7 Å². The fraction of sp³-hybridized carbons (Fsp3) is 0.476. The lowest BCUT2D eigenvalue weighted by atomic mass is 10.1. The standard InChI is InChI=1S/C21H25ClN4O5S/c1-14-20(15(2)31-23-14)32(29,30)26-9-7-24(8-10-26)21(28)17-11-19(27)25(13-17)12-16-5-3-4-6-18(16)22/h3-6,17H,7-13H2,1-2H3/t17-/m0/s1.